The van der Waals surface area contributed by atoms with Gasteiger partial charge in [0, 0.05) is 30.2 Å². The number of nitrogen functional groups attached to an aromatic ring is 2. The normalized spacial score (nSPS) is 15.7. The Balaban J connectivity index is 0.000000505. The van der Waals surface area contributed by atoms with E-state index >= 15 is 0 Å². The molecule has 2 heterocycles. The molecule has 1 unspecified atom stereocenters. The van der Waals surface area contributed by atoms with Gasteiger partial charge in [-0.15, -0.1) is 0 Å². The van der Waals surface area contributed by atoms with Crippen LogP contribution >= 0.6 is 0 Å². The van der Waals surface area contributed by atoms with Crippen LogP contribution in [0.25, 0.3) is 10.8 Å². The zero-order chi connectivity index (χ0) is 28.3. The van der Waals surface area contributed by atoms with E-state index in [9.17, 15) is 26.4 Å². The summed E-state index contributed by atoms with van der Waals surface area (Å²) in [4.78, 5) is 27.4. The maximum absolute atomic E-state index is 12.9. The van der Waals surface area contributed by atoms with Crippen LogP contribution in [0.2, 0.25) is 0 Å². The number of likely N-dealkylation sites (tertiary alicyclic amines) is 1. The van der Waals surface area contributed by atoms with Crippen molar-refractivity contribution in [2.75, 3.05) is 12.3 Å². The maximum atomic E-state index is 12.9. The third-order valence-electron chi connectivity index (χ3n) is 5.58. The Labute approximate surface area is 214 Å². The van der Waals surface area contributed by atoms with Gasteiger partial charge in [0.05, 0.1) is 4.90 Å². The van der Waals surface area contributed by atoms with E-state index in [2.05, 4.69) is 9.71 Å². The number of hydrogen-bond donors (Lipinski definition) is 5. The van der Waals surface area contributed by atoms with E-state index in [0.717, 1.165) is 5.56 Å². The highest BCUT2D eigenvalue weighted by atomic mass is 32.2. The maximum Gasteiger partial charge on any atom is 0.490 e. The highest BCUT2D eigenvalue weighted by molar-refractivity contribution is 7.89. The Morgan fingerprint density at radius 2 is 1.87 bits per heavy atom. The third kappa shape index (κ3) is 6.54. The monoisotopic (exact) mass is 552 g/mol. The number of aromatic nitrogens is 1. The van der Waals surface area contributed by atoms with Crippen LogP contribution in [0.4, 0.5) is 19.0 Å². The van der Waals surface area contributed by atoms with Crippen molar-refractivity contribution >= 4 is 44.3 Å². The SMILES string of the molecule is N=C(N)c1ccccc1CN1CCC(NS(=O)(=O)c2ccc3c(N)nccc3c2)C1=O.O=C(O)C(F)(F)F. The standard InChI is InChI=1S/C21H22N6O3S.C2HF3O2/c22-19(23)16-4-2-1-3-14(16)12-27-10-8-18(21(27)28)26-31(29,30)15-5-6-17-13(11-15)7-9-25-20(17)24;3-2(4,5)1(6)7/h1-7,9,11,18,26H,8,10,12H2,(H3,22,23)(H2,24,25);(H,6,7). The molecule has 11 nitrogen and oxygen atoms in total. The average Bonchev–Trinajstić information content (AvgIpc) is 3.17. The van der Waals surface area contributed by atoms with Gasteiger partial charge in [-0.3, -0.25) is 10.2 Å². The molecule has 4 rings (SSSR count). The molecule has 0 radical (unpaired) electrons. The molecule has 2 aromatic carbocycles. The number of carboxylic acids is 1. The molecule has 1 aliphatic heterocycles. The second-order valence-electron chi connectivity index (χ2n) is 8.18. The Kier molecular flexibility index (Phi) is 8.22. The fourth-order valence-corrected chi connectivity index (χ4v) is 4.99. The lowest BCUT2D eigenvalue weighted by Gasteiger charge is -2.19. The number of aliphatic carboxylic acids is 1. The minimum atomic E-state index is -5.08. The van der Waals surface area contributed by atoms with Gasteiger partial charge < -0.3 is 21.5 Å². The third-order valence-corrected chi connectivity index (χ3v) is 7.05. The van der Waals surface area contributed by atoms with Crippen molar-refractivity contribution in [3.63, 3.8) is 0 Å². The number of fused-ring (bicyclic) bond motifs is 1. The Hall–Kier alpha value is -4.24. The van der Waals surface area contributed by atoms with Crippen LogP contribution in [0.3, 0.4) is 0 Å². The summed E-state index contributed by atoms with van der Waals surface area (Å²) in [5.41, 5.74) is 12.8. The van der Waals surface area contributed by atoms with Crippen molar-refractivity contribution in [3.8, 4) is 0 Å². The summed E-state index contributed by atoms with van der Waals surface area (Å²) in [6, 6.07) is 12.5. The molecule has 1 amide bonds. The van der Waals surface area contributed by atoms with Crippen molar-refractivity contribution in [1.82, 2.24) is 14.6 Å². The smallest absolute Gasteiger partial charge is 0.475 e. The second kappa shape index (κ2) is 11.0. The van der Waals surface area contributed by atoms with Crippen molar-refractivity contribution in [1.29, 1.82) is 5.41 Å². The van der Waals surface area contributed by atoms with Crippen LogP contribution in [0, 0.1) is 5.41 Å². The summed E-state index contributed by atoms with van der Waals surface area (Å²) in [7, 11) is -3.91. The molecule has 0 spiro atoms. The predicted molar refractivity (Wildman–Crippen MR) is 131 cm³/mol. The second-order valence-corrected chi connectivity index (χ2v) is 9.89. The van der Waals surface area contributed by atoms with Gasteiger partial charge in [-0.25, -0.2) is 18.2 Å². The number of anilines is 1. The highest BCUT2D eigenvalue weighted by Gasteiger charge is 2.38. The number of benzene rings is 2. The molecule has 1 saturated heterocycles. The number of halogens is 3. The van der Waals surface area contributed by atoms with Crippen LogP contribution in [0.1, 0.15) is 17.5 Å². The van der Waals surface area contributed by atoms with Crippen LogP contribution in [0.15, 0.2) is 59.6 Å². The lowest BCUT2D eigenvalue weighted by atomic mass is 10.1. The number of amidine groups is 1. The van der Waals surface area contributed by atoms with E-state index in [-0.39, 0.29) is 23.2 Å². The van der Waals surface area contributed by atoms with E-state index < -0.39 is 28.2 Å². The first-order valence-corrected chi connectivity index (χ1v) is 12.4. The summed E-state index contributed by atoms with van der Waals surface area (Å²) in [5, 5.41) is 16.1. The van der Waals surface area contributed by atoms with Crippen molar-refractivity contribution < 1.29 is 36.3 Å². The molecule has 3 aromatic rings. The number of amides is 1. The lowest BCUT2D eigenvalue weighted by Crippen LogP contribution is -2.41. The number of carbonyl (C=O) groups is 2. The first kappa shape index (κ1) is 28.3. The Bertz CT molecular complexity index is 1500. The van der Waals surface area contributed by atoms with E-state index in [1.165, 1.54) is 18.3 Å². The number of nitrogens with two attached hydrogens (primary N) is 2. The summed E-state index contributed by atoms with van der Waals surface area (Å²) < 4.78 is 60.1. The lowest BCUT2D eigenvalue weighted by molar-refractivity contribution is -0.192. The molecule has 0 saturated carbocycles. The van der Waals surface area contributed by atoms with E-state index in [1.807, 2.05) is 6.07 Å². The molecule has 0 bridgehead atoms. The molecule has 38 heavy (non-hydrogen) atoms. The predicted octanol–water partition coefficient (Wildman–Crippen LogP) is 1.81. The summed E-state index contributed by atoms with van der Waals surface area (Å²) in [5.74, 6) is -2.82. The van der Waals surface area contributed by atoms with Crippen molar-refractivity contribution in [3.05, 3.63) is 65.9 Å². The van der Waals surface area contributed by atoms with Crippen molar-refractivity contribution in [2.24, 2.45) is 5.73 Å². The number of sulfonamides is 1. The molecular formula is C23H23F3N6O5S. The molecule has 15 heteroatoms. The fourth-order valence-electron chi connectivity index (χ4n) is 3.73. The molecular weight excluding hydrogens is 529 g/mol. The zero-order valence-corrected chi connectivity index (χ0v) is 20.4. The highest BCUT2D eigenvalue weighted by Crippen LogP contribution is 2.24. The number of nitrogens with one attached hydrogen (secondary N) is 2. The van der Waals surface area contributed by atoms with Crippen molar-refractivity contribution in [2.45, 2.75) is 30.1 Å². The van der Waals surface area contributed by atoms with E-state index in [1.54, 1.807) is 35.2 Å². The number of hydrogen-bond acceptors (Lipinski definition) is 7. The average molecular weight is 553 g/mol. The van der Waals surface area contributed by atoms with Gasteiger partial charge in [-0.2, -0.15) is 17.9 Å². The molecule has 1 fully saturated rings. The van der Waals surface area contributed by atoms with Gasteiger partial charge in [-0.05, 0) is 41.6 Å². The van der Waals surface area contributed by atoms with Gasteiger partial charge in [0.15, 0.2) is 0 Å². The number of pyridine rings is 1. The van der Waals surface area contributed by atoms with E-state index in [0.29, 0.717) is 35.1 Å². The molecule has 1 atom stereocenters. The quantitative estimate of drug-likeness (QED) is 0.226. The minimum Gasteiger partial charge on any atom is -0.475 e. The van der Waals surface area contributed by atoms with Gasteiger partial charge in [0.2, 0.25) is 15.9 Å². The van der Waals surface area contributed by atoms with Gasteiger partial charge >= 0.3 is 12.1 Å². The summed E-state index contributed by atoms with van der Waals surface area (Å²) >= 11 is 0. The minimum absolute atomic E-state index is 0.0544. The number of carbonyl (C=O) groups excluding carboxylic acids is 1. The number of alkyl halides is 3. The fraction of sp³-hybridized carbons (Fsp3) is 0.217. The molecule has 202 valence electrons. The summed E-state index contributed by atoms with van der Waals surface area (Å²) in [6.45, 7) is 0.660. The largest absolute Gasteiger partial charge is 0.490 e. The first-order valence-electron chi connectivity index (χ1n) is 10.9. The zero-order valence-electron chi connectivity index (χ0n) is 19.6. The molecule has 1 aromatic heterocycles. The summed E-state index contributed by atoms with van der Waals surface area (Å²) in [6.07, 6.45) is -3.22. The van der Waals surface area contributed by atoms with Crippen LogP contribution in [-0.4, -0.2) is 59.9 Å². The Morgan fingerprint density at radius 3 is 2.50 bits per heavy atom. The van der Waals surface area contributed by atoms with Crippen LogP contribution in [-0.2, 0) is 26.2 Å². The number of nitrogens with zero attached hydrogens (tertiary/aromatic N) is 2. The van der Waals surface area contributed by atoms with Gasteiger partial charge in [-0.1, -0.05) is 24.3 Å². The topological polar surface area (TPSA) is 193 Å². The van der Waals surface area contributed by atoms with Gasteiger partial charge in [0.1, 0.15) is 17.7 Å². The number of rotatable bonds is 6. The van der Waals surface area contributed by atoms with Gasteiger partial charge in [0.25, 0.3) is 0 Å². The molecule has 7 N–H and O–H groups in total. The number of carboxylic acid groups (broad SMARTS) is 1. The first-order chi connectivity index (χ1) is 17.7. The Morgan fingerprint density at radius 1 is 1.21 bits per heavy atom. The molecule has 1 aliphatic rings. The van der Waals surface area contributed by atoms with Crippen LogP contribution in [0.5, 0.6) is 0 Å². The molecule has 0 aliphatic carbocycles. The van der Waals surface area contributed by atoms with E-state index in [4.69, 9.17) is 26.8 Å². The van der Waals surface area contributed by atoms with Crippen LogP contribution < -0.4 is 16.2 Å².